The fourth-order valence-corrected chi connectivity index (χ4v) is 3.47. The Kier molecular flexibility index (Phi) is 6.41. The van der Waals surface area contributed by atoms with Crippen molar-refractivity contribution in [1.29, 1.82) is 0 Å². The van der Waals surface area contributed by atoms with Crippen molar-refractivity contribution in [3.8, 4) is 17.3 Å². The van der Waals surface area contributed by atoms with Gasteiger partial charge in [-0.2, -0.15) is 0 Å². The lowest BCUT2D eigenvalue weighted by Gasteiger charge is -2.24. The van der Waals surface area contributed by atoms with Crippen molar-refractivity contribution in [2.75, 3.05) is 26.3 Å². The van der Waals surface area contributed by atoms with Crippen LogP contribution in [-0.4, -0.2) is 56.6 Å². The molecule has 1 aliphatic heterocycles. The Hall–Kier alpha value is -3.79. The van der Waals surface area contributed by atoms with Crippen LogP contribution in [0.2, 0.25) is 0 Å². The molecule has 10 nitrogen and oxygen atoms in total. The first-order valence-corrected chi connectivity index (χ1v) is 10.3. The lowest BCUT2D eigenvalue weighted by Crippen LogP contribution is -2.33. The summed E-state index contributed by atoms with van der Waals surface area (Å²) in [4.78, 5) is 32.9. The van der Waals surface area contributed by atoms with Crippen molar-refractivity contribution in [3.63, 3.8) is 0 Å². The maximum atomic E-state index is 11.8. The number of benzene rings is 1. The normalized spacial score (nSPS) is 14.0. The fraction of sp³-hybridized carbons (Fsp3) is 0.318. The van der Waals surface area contributed by atoms with Gasteiger partial charge in [-0.05, 0) is 35.6 Å². The summed E-state index contributed by atoms with van der Waals surface area (Å²) in [6.07, 6.45) is 3.24. The third-order valence-electron chi connectivity index (χ3n) is 5.13. The van der Waals surface area contributed by atoms with Gasteiger partial charge in [-0.1, -0.05) is 18.2 Å². The summed E-state index contributed by atoms with van der Waals surface area (Å²) in [6.45, 7) is 5.14. The molecule has 2 aromatic heterocycles. The van der Waals surface area contributed by atoms with Gasteiger partial charge in [-0.15, -0.1) is 0 Å². The minimum atomic E-state index is -0.517. The molecule has 166 valence electrons. The number of carbonyl (C=O) groups excluding carboxylic acids is 1. The average molecular weight is 437 g/mol. The van der Waals surface area contributed by atoms with Crippen LogP contribution in [0.4, 0.5) is 5.82 Å². The average Bonchev–Trinajstić information content (AvgIpc) is 3.19. The van der Waals surface area contributed by atoms with Gasteiger partial charge in [-0.3, -0.25) is 14.5 Å². The molecular formula is C22H23N5O5. The van der Waals surface area contributed by atoms with Crippen molar-refractivity contribution >= 4 is 11.8 Å². The predicted molar refractivity (Wildman–Crippen MR) is 115 cm³/mol. The SMILES string of the molecule is CCOC(=O)c1ccc(-c2ccc(CN3CCOc4nc([N+](=O)[O-])cn4CC3)cn2)cc1. The molecule has 1 aliphatic rings. The highest BCUT2D eigenvalue weighted by Crippen LogP contribution is 2.21. The van der Waals surface area contributed by atoms with Crippen LogP contribution in [0.15, 0.2) is 48.8 Å². The molecule has 0 atom stereocenters. The van der Waals surface area contributed by atoms with Gasteiger partial charge in [-0.25, -0.2) is 4.79 Å². The smallest absolute Gasteiger partial charge is 0.414 e. The number of fused-ring (bicyclic) bond motifs is 1. The molecule has 1 aromatic carbocycles. The van der Waals surface area contributed by atoms with Gasteiger partial charge >= 0.3 is 17.8 Å². The standard InChI is InChI=1S/C22H23N5O5/c1-2-31-21(28)18-6-4-17(5-7-18)19-8-3-16(13-23-19)14-25-9-10-26-15-20(27(29)30)24-22(26)32-12-11-25/h3-8,13,15H,2,9-12,14H2,1H3. The molecule has 0 bridgehead atoms. The maximum absolute atomic E-state index is 11.8. The molecule has 4 rings (SSSR count). The first-order chi connectivity index (χ1) is 15.5. The topological polar surface area (TPSA) is 113 Å². The minimum Gasteiger partial charge on any atom is -0.462 e. The first-order valence-electron chi connectivity index (χ1n) is 10.3. The quantitative estimate of drug-likeness (QED) is 0.329. The van der Waals surface area contributed by atoms with Gasteiger partial charge in [0.1, 0.15) is 12.8 Å². The van der Waals surface area contributed by atoms with E-state index in [2.05, 4.69) is 14.9 Å². The molecule has 0 radical (unpaired) electrons. The summed E-state index contributed by atoms with van der Waals surface area (Å²) in [6, 6.07) is 11.4. The molecule has 0 aliphatic carbocycles. The summed E-state index contributed by atoms with van der Waals surface area (Å²) in [5, 5.41) is 10.9. The van der Waals surface area contributed by atoms with E-state index in [1.165, 1.54) is 6.20 Å². The molecule has 10 heteroatoms. The summed E-state index contributed by atoms with van der Waals surface area (Å²) in [7, 11) is 0. The van der Waals surface area contributed by atoms with E-state index in [-0.39, 0.29) is 17.8 Å². The summed E-state index contributed by atoms with van der Waals surface area (Å²) in [5.74, 6) is -0.541. The number of pyridine rings is 1. The highest BCUT2D eigenvalue weighted by atomic mass is 16.6. The second-order valence-corrected chi connectivity index (χ2v) is 7.31. The summed E-state index contributed by atoms with van der Waals surface area (Å²) < 4.78 is 12.3. The van der Waals surface area contributed by atoms with E-state index < -0.39 is 4.92 Å². The number of imidazole rings is 1. The molecular weight excluding hydrogens is 414 g/mol. The van der Waals surface area contributed by atoms with E-state index in [4.69, 9.17) is 9.47 Å². The molecule has 3 aromatic rings. The molecule has 3 heterocycles. The Morgan fingerprint density at radius 1 is 1.19 bits per heavy atom. The van der Waals surface area contributed by atoms with E-state index in [1.54, 1.807) is 23.6 Å². The number of ether oxygens (including phenoxy) is 2. The van der Waals surface area contributed by atoms with Crippen LogP contribution in [0.25, 0.3) is 11.3 Å². The third kappa shape index (κ3) is 4.92. The lowest BCUT2D eigenvalue weighted by molar-refractivity contribution is -0.389. The van der Waals surface area contributed by atoms with Crippen molar-refractivity contribution in [1.82, 2.24) is 19.4 Å². The van der Waals surface area contributed by atoms with Crippen molar-refractivity contribution < 1.29 is 19.2 Å². The highest BCUT2D eigenvalue weighted by Gasteiger charge is 2.22. The zero-order chi connectivity index (χ0) is 22.5. The van der Waals surface area contributed by atoms with E-state index in [1.807, 2.05) is 30.5 Å². The van der Waals surface area contributed by atoms with E-state index in [9.17, 15) is 14.9 Å². The molecule has 0 amide bonds. The number of hydrogen-bond donors (Lipinski definition) is 0. The van der Waals surface area contributed by atoms with Gasteiger partial charge < -0.3 is 19.6 Å². The Morgan fingerprint density at radius 2 is 2.00 bits per heavy atom. The number of nitro groups is 1. The van der Waals surface area contributed by atoms with Crippen LogP contribution in [0.5, 0.6) is 6.01 Å². The van der Waals surface area contributed by atoms with Gasteiger partial charge in [0, 0.05) is 42.9 Å². The number of carbonyl (C=O) groups is 1. The van der Waals surface area contributed by atoms with Crippen LogP contribution in [0.1, 0.15) is 22.8 Å². The van der Waals surface area contributed by atoms with Gasteiger partial charge in [0.15, 0.2) is 0 Å². The van der Waals surface area contributed by atoms with Crippen molar-refractivity contribution in [2.24, 2.45) is 0 Å². The zero-order valence-corrected chi connectivity index (χ0v) is 17.6. The number of esters is 1. The number of aromatic nitrogens is 3. The number of hydrogen-bond acceptors (Lipinski definition) is 8. The number of rotatable bonds is 6. The van der Waals surface area contributed by atoms with Gasteiger partial charge in [0.05, 0.1) is 17.9 Å². The second-order valence-electron chi connectivity index (χ2n) is 7.31. The van der Waals surface area contributed by atoms with E-state index >= 15 is 0 Å². The molecule has 32 heavy (non-hydrogen) atoms. The summed E-state index contributed by atoms with van der Waals surface area (Å²) >= 11 is 0. The Morgan fingerprint density at radius 3 is 2.69 bits per heavy atom. The molecule has 0 N–H and O–H groups in total. The Bertz CT molecular complexity index is 1090. The Labute approximate surface area is 184 Å². The predicted octanol–water partition coefficient (Wildman–Crippen LogP) is 2.92. The number of nitrogens with zero attached hydrogens (tertiary/aromatic N) is 5. The minimum absolute atomic E-state index is 0.205. The molecule has 0 fully saturated rings. The summed E-state index contributed by atoms with van der Waals surface area (Å²) in [5.41, 5.74) is 3.29. The third-order valence-corrected chi connectivity index (χ3v) is 5.13. The van der Waals surface area contributed by atoms with E-state index in [0.29, 0.717) is 45.0 Å². The van der Waals surface area contributed by atoms with Crippen molar-refractivity contribution in [2.45, 2.75) is 20.0 Å². The monoisotopic (exact) mass is 437 g/mol. The van der Waals surface area contributed by atoms with Crippen LogP contribution >= 0.6 is 0 Å². The molecule has 0 unspecified atom stereocenters. The molecule has 0 saturated carbocycles. The zero-order valence-electron chi connectivity index (χ0n) is 17.6. The van der Waals surface area contributed by atoms with Crippen LogP contribution < -0.4 is 4.74 Å². The van der Waals surface area contributed by atoms with Crippen LogP contribution in [0.3, 0.4) is 0 Å². The molecule has 0 spiro atoms. The Balaban J connectivity index is 1.38. The van der Waals surface area contributed by atoms with Crippen LogP contribution in [0, 0.1) is 10.1 Å². The van der Waals surface area contributed by atoms with Crippen molar-refractivity contribution in [3.05, 3.63) is 70.0 Å². The van der Waals surface area contributed by atoms with Crippen LogP contribution in [-0.2, 0) is 17.8 Å². The maximum Gasteiger partial charge on any atom is 0.414 e. The molecule has 0 saturated heterocycles. The fourth-order valence-electron chi connectivity index (χ4n) is 3.47. The van der Waals surface area contributed by atoms with Gasteiger partial charge in [0.2, 0.25) is 0 Å². The largest absolute Gasteiger partial charge is 0.462 e. The van der Waals surface area contributed by atoms with Gasteiger partial charge in [0.25, 0.3) is 0 Å². The van der Waals surface area contributed by atoms with E-state index in [0.717, 1.165) is 16.8 Å². The second kappa shape index (κ2) is 9.56. The first kappa shape index (κ1) is 21.4. The lowest BCUT2D eigenvalue weighted by atomic mass is 10.1. The highest BCUT2D eigenvalue weighted by molar-refractivity contribution is 5.89.